The van der Waals surface area contributed by atoms with Crippen molar-refractivity contribution in [2.24, 2.45) is 0 Å². The lowest BCUT2D eigenvalue weighted by Crippen LogP contribution is -2.39. The van der Waals surface area contributed by atoms with E-state index in [-0.39, 0.29) is 6.04 Å². The second-order valence-corrected chi connectivity index (χ2v) is 7.69. The first-order chi connectivity index (χ1) is 9.26. The Hall–Kier alpha value is -0.910. The maximum atomic E-state index is 13.0. The third-order valence-corrected chi connectivity index (χ3v) is 6.67. The summed E-state index contributed by atoms with van der Waals surface area (Å²) in [5, 5.41) is 3.22. The van der Waals surface area contributed by atoms with Gasteiger partial charge in [0, 0.05) is 19.6 Å². The van der Waals surface area contributed by atoms with Crippen LogP contribution in [0.15, 0.2) is 11.0 Å². The maximum absolute atomic E-state index is 13.0. The molecule has 112 valence electrons. The van der Waals surface area contributed by atoms with Crippen molar-refractivity contribution >= 4 is 10.0 Å². The molecule has 1 unspecified atom stereocenters. The van der Waals surface area contributed by atoms with E-state index < -0.39 is 10.0 Å². The quantitative estimate of drug-likeness (QED) is 0.927. The van der Waals surface area contributed by atoms with Gasteiger partial charge >= 0.3 is 0 Å². The molecule has 0 spiro atoms. The van der Waals surface area contributed by atoms with Crippen molar-refractivity contribution in [3.8, 4) is 0 Å². The molecule has 20 heavy (non-hydrogen) atoms. The Bertz CT molecular complexity index is 591. The number of nitrogens with one attached hydrogen (secondary N) is 1. The van der Waals surface area contributed by atoms with E-state index in [0.717, 1.165) is 41.8 Å². The van der Waals surface area contributed by atoms with Gasteiger partial charge in [0.15, 0.2) is 0 Å². The molecule has 1 heterocycles. The van der Waals surface area contributed by atoms with Crippen LogP contribution in [0.25, 0.3) is 0 Å². The normalized spacial score (nSPS) is 19.8. The second-order valence-electron chi connectivity index (χ2n) is 5.76. The van der Waals surface area contributed by atoms with Crippen molar-refractivity contribution in [1.29, 1.82) is 0 Å². The molecule has 1 aromatic carbocycles. The van der Waals surface area contributed by atoms with E-state index in [9.17, 15) is 8.42 Å². The Balaban J connectivity index is 2.54. The molecule has 4 nitrogen and oxygen atoms in total. The van der Waals surface area contributed by atoms with E-state index in [2.05, 4.69) is 11.4 Å². The van der Waals surface area contributed by atoms with E-state index >= 15 is 0 Å². The molecule has 5 heteroatoms. The van der Waals surface area contributed by atoms with Gasteiger partial charge in [0.2, 0.25) is 10.0 Å². The monoisotopic (exact) mass is 296 g/mol. The average molecular weight is 296 g/mol. The van der Waals surface area contributed by atoms with Crippen LogP contribution in [0.3, 0.4) is 0 Å². The number of benzene rings is 1. The highest BCUT2D eigenvalue weighted by molar-refractivity contribution is 7.89. The van der Waals surface area contributed by atoms with Crippen molar-refractivity contribution in [2.75, 3.05) is 20.1 Å². The fourth-order valence-electron chi connectivity index (χ4n) is 2.86. The molecular weight excluding hydrogens is 272 g/mol. The standard InChI is InChI=1S/C15H24N2O2S/c1-10-8-11(2)13(4)15(12(10)3)20(18,19)17(5)14-6-7-16-9-14/h8,14,16H,6-7,9H2,1-5H3. The molecule has 1 aliphatic rings. The molecule has 0 aromatic heterocycles. The van der Waals surface area contributed by atoms with Crippen LogP contribution in [0, 0.1) is 27.7 Å². The molecule has 0 radical (unpaired) electrons. The summed E-state index contributed by atoms with van der Waals surface area (Å²) in [7, 11) is -1.74. The predicted molar refractivity (Wildman–Crippen MR) is 81.6 cm³/mol. The molecule has 0 bridgehead atoms. The molecule has 1 atom stereocenters. The number of sulfonamides is 1. The zero-order valence-electron chi connectivity index (χ0n) is 12.9. The largest absolute Gasteiger partial charge is 0.315 e. The van der Waals surface area contributed by atoms with Gasteiger partial charge in [0.05, 0.1) is 4.90 Å². The SMILES string of the molecule is Cc1cc(C)c(C)c(S(=O)(=O)N(C)C2CCNC2)c1C. The molecule has 1 aliphatic heterocycles. The number of likely N-dealkylation sites (N-methyl/N-ethyl adjacent to an activating group) is 1. The summed E-state index contributed by atoms with van der Waals surface area (Å²) in [6, 6.07) is 2.11. The molecule has 1 saturated heterocycles. The van der Waals surface area contributed by atoms with Crippen molar-refractivity contribution in [3.63, 3.8) is 0 Å². The molecule has 1 aromatic rings. The van der Waals surface area contributed by atoms with Gasteiger partial charge in [-0.3, -0.25) is 0 Å². The summed E-state index contributed by atoms with van der Waals surface area (Å²) in [4.78, 5) is 0.490. The smallest absolute Gasteiger partial charge is 0.243 e. The van der Waals surface area contributed by atoms with Crippen molar-refractivity contribution in [1.82, 2.24) is 9.62 Å². The summed E-state index contributed by atoms with van der Waals surface area (Å²) >= 11 is 0. The van der Waals surface area contributed by atoms with Crippen LogP contribution < -0.4 is 5.32 Å². The summed E-state index contributed by atoms with van der Waals surface area (Å²) in [5.41, 5.74) is 3.80. The zero-order valence-corrected chi connectivity index (χ0v) is 13.8. The molecular formula is C15H24N2O2S. The van der Waals surface area contributed by atoms with Gasteiger partial charge in [0.1, 0.15) is 0 Å². The van der Waals surface area contributed by atoms with Gasteiger partial charge in [-0.15, -0.1) is 0 Å². The minimum absolute atomic E-state index is 0.0552. The number of aryl methyl sites for hydroxylation is 2. The topological polar surface area (TPSA) is 49.4 Å². The minimum Gasteiger partial charge on any atom is -0.315 e. The van der Waals surface area contributed by atoms with Crippen LogP contribution in [-0.4, -0.2) is 38.9 Å². The summed E-state index contributed by atoms with van der Waals surface area (Å²) < 4.78 is 27.5. The fraction of sp³-hybridized carbons (Fsp3) is 0.600. The molecule has 1 N–H and O–H groups in total. The van der Waals surface area contributed by atoms with Crippen LogP contribution in [0.4, 0.5) is 0 Å². The maximum Gasteiger partial charge on any atom is 0.243 e. The predicted octanol–water partition coefficient (Wildman–Crippen LogP) is 1.90. The lowest BCUT2D eigenvalue weighted by atomic mass is 10.0. The van der Waals surface area contributed by atoms with Gasteiger partial charge in [0.25, 0.3) is 0 Å². The molecule has 2 rings (SSSR count). The number of hydrogen-bond donors (Lipinski definition) is 1. The Morgan fingerprint density at radius 1 is 1.15 bits per heavy atom. The Kier molecular flexibility index (Phi) is 4.23. The van der Waals surface area contributed by atoms with E-state index in [1.165, 1.54) is 0 Å². The third kappa shape index (κ3) is 2.50. The number of nitrogens with zero attached hydrogens (tertiary/aromatic N) is 1. The summed E-state index contributed by atoms with van der Waals surface area (Å²) in [6.07, 6.45) is 0.874. The van der Waals surface area contributed by atoms with Gasteiger partial charge in [-0.1, -0.05) is 6.07 Å². The van der Waals surface area contributed by atoms with Crippen LogP contribution in [0.5, 0.6) is 0 Å². The van der Waals surface area contributed by atoms with Gasteiger partial charge in [-0.2, -0.15) is 4.31 Å². The lowest BCUT2D eigenvalue weighted by molar-refractivity contribution is 0.387. The van der Waals surface area contributed by atoms with E-state index in [0.29, 0.717) is 4.90 Å². The van der Waals surface area contributed by atoms with Crippen molar-refractivity contribution in [2.45, 2.75) is 45.1 Å². The van der Waals surface area contributed by atoms with E-state index in [4.69, 9.17) is 0 Å². The second kappa shape index (κ2) is 5.47. The van der Waals surface area contributed by atoms with Gasteiger partial charge < -0.3 is 5.32 Å². The van der Waals surface area contributed by atoms with E-state index in [1.54, 1.807) is 11.4 Å². The number of rotatable bonds is 3. The van der Waals surface area contributed by atoms with E-state index in [1.807, 2.05) is 27.7 Å². The van der Waals surface area contributed by atoms with Crippen molar-refractivity contribution < 1.29 is 8.42 Å². The average Bonchev–Trinajstić information content (AvgIpc) is 2.89. The molecule has 1 fully saturated rings. The highest BCUT2D eigenvalue weighted by Gasteiger charge is 2.32. The summed E-state index contributed by atoms with van der Waals surface area (Å²) in [6.45, 7) is 9.36. The Morgan fingerprint density at radius 3 is 2.15 bits per heavy atom. The first kappa shape index (κ1) is 15.5. The Morgan fingerprint density at radius 2 is 1.70 bits per heavy atom. The lowest BCUT2D eigenvalue weighted by Gasteiger charge is -2.26. The van der Waals surface area contributed by atoms with Crippen LogP contribution >= 0.6 is 0 Å². The first-order valence-electron chi connectivity index (χ1n) is 7.03. The van der Waals surface area contributed by atoms with Crippen LogP contribution in [-0.2, 0) is 10.0 Å². The Labute approximate surface area is 122 Å². The number of hydrogen-bond acceptors (Lipinski definition) is 3. The molecule has 0 aliphatic carbocycles. The third-order valence-electron chi connectivity index (χ3n) is 4.48. The highest BCUT2D eigenvalue weighted by atomic mass is 32.2. The van der Waals surface area contributed by atoms with Gasteiger partial charge in [-0.25, -0.2) is 8.42 Å². The fourth-order valence-corrected chi connectivity index (χ4v) is 4.81. The molecule has 0 amide bonds. The van der Waals surface area contributed by atoms with Gasteiger partial charge in [-0.05, 0) is 62.9 Å². The molecule has 0 saturated carbocycles. The van der Waals surface area contributed by atoms with Crippen molar-refractivity contribution in [3.05, 3.63) is 28.3 Å². The zero-order chi connectivity index (χ0) is 15.1. The minimum atomic E-state index is -3.44. The summed E-state index contributed by atoms with van der Waals surface area (Å²) in [5.74, 6) is 0. The van der Waals surface area contributed by atoms with Crippen LogP contribution in [0.1, 0.15) is 28.7 Å². The van der Waals surface area contributed by atoms with Crippen LogP contribution in [0.2, 0.25) is 0 Å². The highest BCUT2D eigenvalue weighted by Crippen LogP contribution is 2.29. The first-order valence-corrected chi connectivity index (χ1v) is 8.47.